The van der Waals surface area contributed by atoms with Crippen LogP contribution < -0.4 is 0 Å². The summed E-state index contributed by atoms with van der Waals surface area (Å²) in [6, 6.07) is 13.9. The van der Waals surface area contributed by atoms with Crippen molar-refractivity contribution in [3.8, 4) is 11.1 Å². The molecule has 19 heavy (non-hydrogen) atoms. The van der Waals surface area contributed by atoms with Crippen molar-refractivity contribution in [2.24, 2.45) is 0 Å². The molecule has 1 saturated carbocycles. The minimum atomic E-state index is 0.337. The fourth-order valence-corrected chi connectivity index (χ4v) is 4.46. The van der Waals surface area contributed by atoms with E-state index in [9.17, 15) is 0 Å². The van der Waals surface area contributed by atoms with Gasteiger partial charge in [-0.15, -0.1) is 0 Å². The molecule has 0 N–H and O–H groups in total. The van der Waals surface area contributed by atoms with Crippen LogP contribution in [0.3, 0.4) is 0 Å². The maximum absolute atomic E-state index is 2.40. The number of hydrogen-bond acceptors (Lipinski definition) is 0. The van der Waals surface area contributed by atoms with Gasteiger partial charge in [-0.05, 0) is 54.5 Å². The maximum atomic E-state index is 2.40. The van der Waals surface area contributed by atoms with Gasteiger partial charge in [-0.2, -0.15) is 0 Å². The molecule has 0 atom stereocenters. The molecule has 1 spiro atoms. The van der Waals surface area contributed by atoms with Crippen LogP contribution >= 0.6 is 0 Å². The smallest absolute Gasteiger partial charge is 0.0217 e. The van der Waals surface area contributed by atoms with E-state index < -0.39 is 0 Å². The standard InChI is InChI=1S/C19H20/c1-13-8-9-17-16(12-13)15-7-5-6-14(2)18(15)19(17)10-3-4-11-19/h5-9,12H,3-4,10-11H2,1-2H3. The number of fused-ring (bicyclic) bond motifs is 5. The Morgan fingerprint density at radius 3 is 2.47 bits per heavy atom. The van der Waals surface area contributed by atoms with Gasteiger partial charge in [-0.3, -0.25) is 0 Å². The van der Waals surface area contributed by atoms with Crippen molar-refractivity contribution in [1.29, 1.82) is 0 Å². The molecule has 96 valence electrons. The average molecular weight is 248 g/mol. The highest BCUT2D eigenvalue weighted by Gasteiger charge is 2.45. The minimum absolute atomic E-state index is 0.337. The summed E-state index contributed by atoms with van der Waals surface area (Å²) < 4.78 is 0. The summed E-state index contributed by atoms with van der Waals surface area (Å²) in [6.07, 6.45) is 5.42. The van der Waals surface area contributed by atoms with E-state index in [1.54, 1.807) is 11.1 Å². The third kappa shape index (κ3) is 1.35. The zero-order valence-electron chi connectivity index (χ0n) is 11.8. The summed E-state index contributed by atoms with van der Waals surface area (Å²) >= 11 is 0. The first-order valence-corrected chi connectivity index (χ1v) is 7.44. The van der Waals surface area contributed by atoms with Gasteiger partial charge in [0.1, 0.15) is 0 Å². The molecule has 0 bridgehead atoms. The van der Waals surface area contributed by atoms with E-state index in [4.69, 9.17) is 0 Å². The second-order valence-electron chi connectivity index (χ2n) is 6.34. The van der Waals surface area contributed by atoms with Gasteiger partial charge >= 0.3 is 0 Å². The molecular formula is C19H20. The fraction of sp³-hybridized carbons (Fsp3) is 0.368. The second-order valence-corrected chi connectivity index (χ2v) is 6.34. The SMILES string of the molecule is Cc1ccc2c(c1)-c1cccc(C)c1C21CCCC1. The summed E-state index contributed by atoms with van der Waals surface area (Å²) in [4.78, 5) is 0. The van der Waals surface area contributed by atoms with Gasteiger partial charge < -0.3 is 0 Å². The van der Waals surface area contributed by atoms with Crippen LogP contribution in [-0.2, 0) is 5.41 Å². The van der Waals surface area contributed by atoms with Gasteiger partial charge in [0.15, 0.2) is 0 Å². The van der Waals surface area contributed by atoms with Crippen LogP contribution in [0.5, 0.6) is 0 Å². The lowest BCUT2D eigenvalue weighted by Gasteiger charge is -2.28. The molecular weight excluding hydrogens is 228 g/mol. The largest absolute Gasteiger partial charge is 0.0614 e. The number of aryl methyl sites for hydroxylation is 2. The maximum Gasteiger partial charge on any atom is 0.0217 e. The lowest BCUT2D eigenvalue weighted by molar-refractivity contribution is 0.547. The molecule has 0 saturated heterocycles. The average Bonchev–Trinajstić information content (AvgIpc) is 2.97. The topological polar surface area (TPSA) is 0 Å². The summed E-state index contributed by atoms with van der Waals surface area (Å²) in [5.74, 6) is 0. The van der Waals surface area contributed by atoms with Crippen LogP contribution in [0.2, 0.25) is 0 Å². The zero-order chi connectivity index (χ0) is 13.0. The minimum Gasteiger partial charge on any atom is -0.0614 e. The van der Waals surface area contributed by atoms with Crippen LogP contribution in [0.15, 0.2) is 36.4 Å². The van der Waals surface area contributed by atoms with Gasteiger partial charge in [0.05, 0.1) is 0 Å². The summed E-state index contributed by atoms with van der Waals surface area (Å²) in [5, 5.41) is 0. The van der Waals surface area contributed by atoms with Crippen molar-refractivity contribution in [3.63, 3.8) is 0 Å². The number of benzene rings is 2. The van der Waals surface area contributed by atoms with Crippen LogP contribution in [0.4, 0.5) is 0 Å². The van der Waals surface area contributed by atoms with Gasteiger partial charge in [0.25, 0.3) is 0 Å². The summed E-state index contributed by atoms with van der Waals surface area (Å²) in [6.45, 7) is 4.49. The molecule has 4 rings (SSSR count). The van der Waals surface area contributed by atoms with Gasteiger partial charge in [0, 0.05) is 5.41 Å². The van der Waals surface area contributed by atoms with Gasteiger partial charge in [-0.1, -0.05) is 54.8 Å². The Bertz CT molecular complexity index is 658. The van der Waals surface area contributed by atoms with Crippen LogP contribution in [0.25, 0.3) is 11.1 Å². The van der Waals surface area contributed by atoms with Crippen LogP contribution in [0, 0.1) is 13.8 Å². The highest BCUT2D eigenvalue weighted by molar-refractivity contribution is 5.82. The zero-order valence-corrected chi connectivity index (χ0v) is 11.8. The summed E-state index contributed by atoms with van der Waals surface area (Å²) in [5.41, 5.74) is 9.42. The van der Waals surface area contributed by atoms with E-state index >= 15 is 0 Å². The second kappa shape index (κ2) is 3.72. The molecule has 0 heterocycles. The van der Waals surface area contributed by atoms with Crippen molar-refractivity contribution < 1.29 is 0 Å². The molecule has 0 nitrogen and oxygen atoms in total. The first-order valence-electron chi connectivity index (χ1n) is 7.44. The lowest BCUT2D eigenvalue weighted by Crippen LogP contribution is -2.21. The molecule has 0 aromatic heterocycles. The van der Waals surface area contributed by atoms with Crippen LogP contribution in [0.1, 0.15) is 47.9 Å². The molecule has 1 fully saturated rings. The van der Waals surface area contributed by atoms with E-state index in [1.165, 1.54) is 47.9 Å². The first-order chi connectivity index (χ1) is 9.22. The molecule has 0 aliphatic heterocycles. The Kier molecular flexibility index (Phi) is 2.21. The Morgan fingerprint density at radius 2 is 1.68 bits per heavy atom. The Labute approximate surface area is 115 Å². The van der Waals surface area contributed by atoms with Crippen molar-refractivity contribution in [2.45, 2.75) is 44.9 Å². The predicted molar refractivity (Wildman–Crippen MR) is 80.6 cm³/mol. The van der Waals surface area contributed by atoms with Crippen LogP contribution in [-0.4, -0.2) is 0 Å². The van der Waals surface area contributed by atoms with Gasteiger partial charge in [0.2, 0.25) is 0 Å². The lowest BCUT2D eigenvalue weighted by atomic mass is 9.75. The quantitative estimate of drug-likeness (QED) is 0.605. The van der Waals surface area contributed by atoms with E-state index in [1.807, 2.05) is 0 Å². The molecule has 2 aliphatic rings. The summed E-state index contributed by atoms with van der Waals surface area (Å²) in [7, 11) is 0. The first kappa shape index (κ1) is 11.3. The van der Waals surface area contributed by atoms with E-state index in [0.29, 0.717) is 5.41 Å². The molecule has 2 aromatic rings. The van der Waals surface area contributed by atoms with Crippen molar-refractivity contribution in [2.75, 3.05) is 0 Å². The third-order valence-corrected chi connectivity index (χ3v) is 5.19. The highest BCUT2D eigenvalue weighted by Crippen LogP contribution is 2.57. The molecule has 0 amide bonds. The molecule has 0 heteroatoms. The highest BCUT2D eigenvalue weighted by atomic mass is 14.5. The Balaban J connectivity index is 2.11. The number of rotatable bonds is 0. The molecule has 0 radical (unpaired) electrons. The predicted octanol–water partition coefficient (Wildman–Crippen LogP) is 5.14. The normalized spacial score (nSPS) is 18.6. The number of hydrogen-bond donors (Lipinski definition) is 0. The monoisotopic (exact) mass is 248 g/mol. The van der Waals surface area contributed by atoms with E-state index in [0.717, 1.165) is 0 Å². The van der Waals surface area contributed by atoms with E-state index in [2.05, 4.69) is 50.2 Å². The molecule has 2 aliphatic carbocycles. The third-order valence-electron chi connectivity index (χ3n) is 5.19. The van der Waals surface area contributed by atoms with Gasteiger partial charge in [-0.25, -0.2) is 0 Å². The van der Waals surface area contributed by atoms with Crippen molar-refractivity contribution >= 4 is 0 Å². The fourth-order valence-electron chi connectivity index (χ4n) is 4.46. The van der Waals surface area contributed by atoms with E-state index in [-0.39, 0.29) is 0 Å². The van der Waals surface area contributed by atoms with Crippen molar-refractivity contribution in [3.05, 3.63) is 58.7 Å². The Hall–Kier alpha value is -1.56. The Morgan fingerprint density at radius 1 is 0.895 bits per heavy atom. The molecule has 0 unspecified atom stereocenters. The van der Waals surface area contributed by atoms with Crippen molar-refractivity contribution in [1.82, 2.24) is 0 Å². The molecule has 2 aromatic carbocycles.